The fourth-order valence-corrected chi connectivity index (χ4v) is 3.22. The van der Waals surface area contributed by atoms with Gasteiger partial charge in [-0.15, -0.1) is 0 Å². The van der Waals surface area contributed by atoms with E-state index in [-0.39, 0.29) is 10.8 Å². The molecule has 0 aromatic rings. The zero-order valence-electron chi connectivity index (χ0n) is 11.3. The molecule has 1 N–H and O–H groups in total. The van der Waals surface area contributed by atoms with Crippen molar-refractivity contribution in [2.75, 3.05) is 0 Å². The Morgan fingerprint density at radius 3 is 2.13 bits per heavy atom. The van der Waals surface area contributed by atoms with Gasteiger partial charge in [-0.3, -0.25) is 0 Å². The highest BCUT2D eigenvalue weighted by Crippen LogP contribution is 2.55. The molecule has 0 aromatic carbocycles. The van der Waals surface area contributed by atoms with Crippen LogP contribution >= 0.6 is 0 Å². The van der Waals surface area contributed by atoms with Crippen LogP contribution in [0.3, 0.4) is 0 Å². The van der Waals surface area contributed by atoms with Crippen LogP contribution in [0.25, 0.3) is 0 Å². The Hall–Kier alpha value is -0.300. The molecule has 0 aliphatic heterocycles. The van der Waals surface area contributed by atoms with Crippen molar-refractivity contribution in [3.8, 4) is 0 Å². The lowest BCUT2D eigenvalue weighted by Gasteiger charge is -2.56. The van der Waals surface area contributed by atoms with Crippen LogP contribution in [0.4, 0.5) is 0 Å². The molecule has 1 nitrogen and oxygen atoms in total. The maximum absolute atomic E-state index is 11.1. The molecule has 0 bridgehead atoms. The van der Waals surface area contributed by atoms with Gasteiger partial charge in [0, 0.05) is 5.41 Å². The second kappa shape index (κ2) is 3.35. The number of hydrogen-bond donors (Lipinski definition) is 1. The lowest BCUT2D eigenvalue weighted by Crippen LogP contribution is -2.59. The molecule has 0 aromatic heterocycles. The molecule has 88 valence electrons. The van der Waals surface area contributed by atoms with E-state index in [1.165, 1.54) is 0 Å². The van der Waals surface area contributed by atoms with E-state index in [9.17, 15) is 5.11 Å². The summed E-state index contributed by atoms with van der Waals surface area (Å²) in [6.45, 7) is 15.1. The molecule has 2 atom stereocenters. The highest BCUT2D eigenvalue weighted by molar-refractivity contribution is 5.27. The van der Waals surface area contributed by atoms with Crippen LogP contribution < -0.4 is 0 Å². The first-order valence-corrected chi connectivity index (χ1v) is 5.94. The van der Waals surface area contributed by atoms with E-state index in [0.717, 1.165) is 12.0 Å². The number of rotatable bonds is 0. The largest absolute Gasteiger partial charge is 0.384 e. The summed E-state index contributed by atoms with van der Waals surface area (Å²) in [7, 11) is 0. The van der Waals surface area contributed by atoms with Gasteiger partial charge in [0.25, 0.3) is 0 Å². The average Bonchev–Trinajstić information content (AvgIpc) is 2.07. The summed E-state index contributed by atoms with van der Waals surface area (Å²) in [6, 6.07) is 0. The molecule has 0 heterocycles. The van der Waals surface area contributed by atoms with E-state index in [0.29, 0.717) is 5.92 Å². The molecule has 0 amide bonds. The van der Waals surface area contributed by atoms with E-state index in [1.54, 1.807) is 0 Å². The molecule has 0 saturated heterocycles. The second-order valence-corrected chi connectivity index (χ2v) is 6.71. The molecule has 0 saturated carbocycles. The molecule has 1 aliphatic carbocycles. The predicted molar refractivity (Wildman–Crippen MR) is 65.7 cm³/mol. The van der Waals surface area contributed by atoms with Crippen molar-refractivity contribution in [3.05, 3.63) is 11.6 Å². The Morgan fingerprint density at radius 2 is 1.80 bits per heavy atom. The maximum atomic E-state index is 11.1. The first kappa shape index (κ1) is 12.8. The van der Waals surface area contributed by atoms with Crippen LogP contribution in [0.5, 0.6) is 0 Å². The summed E-state index contributed by atoms with van der Waals surface area (Å²) < 4.78 is 0. The minimum atomic E-state index is -0.697. The first-order chi connectivity index (χ1) is 6.55. The van der Waals surface area contributed by atoms with Crippen molar-refractivity contribution >= 4 is 0 Å². The number of aliphatic hydroxyl groups is 1. The van der Waals surface area contributed by atoms with E-state index in [4.69, 9.17) is 0 Å². The molecule has 0 spiro atoms. The molecule has 1 aliphatic rings. The molecular weight excluding hydrogens is 184 g/mol. The Kier molecular flexibility index (Phi) is 2.85. The van der Waals surface area contributed by atoms with E-state index >= 15 is 0 Å². The molecule has 15 heavy (non-hydrogen) atoms. The Morgan fingerprint density at radius 1 is 1.33 bits per heavy atom. The van der Waals surface area contributed by atoms with Crippen molar-refractivity contribution in [2.45, 2.75) is 60.5 Å². The van der Waals surface area contributed by atoms with Gasteiger partial charge in [0.2, 0.25) is 0 Å². The monoisotopic (exact) mass is 210 g/mol. The third-order valence-corrected chi connectivity index (χ3v) is 4.60. The highest BCUT2D eigenvalue weighted by Gasteiger charge is 2.56. The fourth-order valence-electron chi connectivity index (χ4n) is 3.22. The fraction of sp³-hybridized carbons (Fsp3) is 0.857. The maximum Gasteiger partial charge on any atom is 0.0955 e. The molecular formula is C14H26O. The van der Waals surface area contributed by atoms with Crippen LogP contribution in [0.15, 0.2) is 11.6 Å². The van der Waals surface area contributed by atoms with Crippen molar-refractivity contribution in [1.82, 2.24) is 0 Å². The number of hydrogen-bond acceptors (Lipinski definition) is 1. The summed E-state index contributed by atoms with van der Waals surface area (Å²) in [5.41, 5.74) is 0.256. The van der Waals surface area contributed by atoms with Gasteiger partial charge in [0.1, 0.15) is 0 Å². The standard InChI is InChI=1S/C14H26O/c1-10-8-9-11(2)14(15,12(3,4)5)13(10,6)7/h9-10,15H,8H2,1-7H3. The zero-order chi connectivity index (χ0) is 12.1. The number of allylic oxidation sites excluding steroid dienone is 1. The van der Waals surface area contributed by atoms with Crippen molar-refractivity contribution in [1.29, 1.82) is 0 Å². The van der Waals surface area contributed by atoms with Crippen LogP contribution in [0.1, 0.15) is 54.9 Å². The second-order valence-electron chi connectivity index (χ2n) is 6.71. The van der Waals surface area contributed by atoms with Crippen LogP contribution in [-0.4, -0.2) is 10.7 Å². The Labute approximate surface area is 94.6 Å². The smallest absolute Gasteiger partial charge is 0.0955 e. The summed E-state index contributed by atoms with van der Waals surface area (Å²) in [6.07, 6.45) is 3.29. The topological polar surface area (TPSA) is 20.2 Å². The summed E-state index contributed by atoms with van der Waals surface area (Å²) >= 11 is 0. The molecule has 1 heteroatoms. The van der Waals surface area contributed by atoms with Gasteiger partial charge >= 0.3 is 0 Å². The van der Waals surface area contributed by atoms with E-state index in [1.807, 2.05) is 0 Å². The van der Waals surface area contributed by atoms with Gasteiger partial charge in [-0.25, -0.2) is 0 Å². The third kappa shape index (κ3) is 1.56. The summed E-state index contributed by atoms with van der Waals surface area (Å²) in [5.74, 6) is 0.519. The van der Waals surface area contributed by atoms with Crippen molar-refractivity contribution in [2.24, 2.45) is 16.7 Å². The quantitative estimate of drug-likeness (QED) is 0.603. The van der Waals surface area contributed by atoms with Gasteiger partial charge in [0.05, 0.1) is 5.60 Å². The van der Waals surface area contributed by atoms with E-state index in [2.05, 4.69) is 54.5 Å². The van der Waals surface area contributed by atoms with Crippen LogP contribution in [0, 0.1) is 16.7 Å². The normalized spacial score (nSPS) is 36.3. The van der Waals surface area contributed by atoms with Crippen LogP contribution in [-0.2, 0) is 0 Å². The van der Waals surface area contributed by atoms with Crippen molar-refractivity contribution in [3.63, 3.8) is 0 Å². The molecule has 0 radical (unpaired) electrons. The summed E-state index contributed by atoms with van der Waals surface area (Å²) in [4.78, 5) is 0. The highest BCUT2D eigenvalue weighted by atomic mass is 16.3. The minimum Gasteiger partial charge on any atom is -0.384 e. The van der Waals surface area contributed by atoms with Gasteiger partial charge in [0.15, 0.2) is 0 Å². The first-order valence-electron chi connectivity index (χ1n) is 5.94. The SMILES string of the molecule is CC1=CCC(C)C(C)(C)C1(O)C(C)(C)C. The molecule has 1 rings (SSSR count). The minimum absolute atomic E-state index is 0.0654. The van der Waals surface area contributed by atoms with Gasteiger partial charge in [-0.1, -0.05) is 47.6 Å². The van der Waals surface area contributed by atoms with Crippen molar-refractivity contribution < 1.29 is 5.11 Å². The summed E-state index contributed by atoms with van der Waals surface area (Å²) in [5, 5.41) is 11.1. The lowest BCUT2D eigenvalue weighted by atomic mass is 9.52. The van der Waals surface area contributed by atoms with Gasteiger partial charge in [-0.2, -0.15) is 0 Å². The zero-order valence-corrected chi connectivity index (χ0v) is 11.3. The molecule has 0 fully saturated rings. The lowest BCUT2D eigenvalue weighted by molar-refractivity contribution is -0.140. The Bertz CT molecular complexity index is 280. The third-order valence-electron chi connectivity index (χ3n) is 4.60. The predicted octanol–water partition coefficient (Wildman–Crippen LogP) is 3.78. The Balaban J connectivity index is 3.35. The molecule has 2 unspecified atom stereocenters. The van der Waals surface area contributed by atoms with E-state index < -0.39 is 5.60 Å². The average molecular weight is 210 g/mol. The van der Waals surface area contributed by atoms with Crippen LogP contribution in [0.2, 0.25) is 0 Å². The van der Waals surface area contributed by atoms with Gasteiger partial charge < -0.3 is 5.11 Å². The van der Waals surface area contributed by atoms with Gasteiger partial charge in [-0.05, 0) is 30.3 Å².